The molecule has 0 radical (unpaired) electrons. The molecule has 3 fully saturated rings. The summed E-state index contributed by atoms with van der Waals surface area (Å²) < 4.78 is 5.46. The number of imide groups is 1. The fourth-order valence-corrected chi connectivity index (χ4v) is 4.18. The Kier molecular flexibility index (Phi) is 4.61. The van der Waals surface area contributed by atoms with E-state index in [4.69, 9.17) is 4.74 Å². The number of amides is 2. The number of benzene rings is 1. The summed E-state index contributed by atoms with van der Waals surface area (Å²) in [6, 6.07) is 8.14. The maximum absolute atomic E-state index is 12.3. The maximum atomic E-state index is 12.3. The molecule has 1 aromatic rings. The van der Waals surface area contributed by atoms with Gasteiger partial charge in [0.1, 0.15) is 5.75 Å². The summed E-state index contributed by atoms with van der Waals surface area (Å²) in [5.41, 5.74) is 0.870. The minimum atomic E-state index is -0.280. The number of carbonyl (C=O) groups is 2. The lowest BCUT2D eigenvalue weighted by Crippen LogP contribution is -2.47. The van der Waals surface area contributed by atoms with Crippen molar-refractivity contribution in [1.29, 1.82) is 0 Å². The molecule has 2 aliphatic heterocycles. The predicted octanol–water partition coefficient (Wildman–Crippen LogP) is 1.75. The molecule has 6 nitrogen and oxygen atoms in total. The lowest BCUT2D eigenvalue weighted by molar-refractivity contribution is -0.139. The van der Waals surface area contributed by atoms with E-state index >= 15 is 0 Å². The molecule has 0 unspecified atom stereocenters. The summed E-state index contributed by atoms with van der Waals surface area (Å²) in [4.78, 5) is 30.7. The van der Waals surface area contributed by atoms with Gasteiger partial charge in [-0.05, 0) is 37.9 Å². The molecule has 26 heavy (non-hydrogen) atoms. The third kappa shape index (κ3) is 3.18. The number of rotatable bonds is 6. The molecule has 1 spiro atoms. The van der Waals surface area contributed by atoms with Gasteiger partial charge in [0.15, 0.2) is 0 Å². The molecule has 1 aliphatic carbocycles. The number of carbonyl (C=O) groups excluding carboxylic acids is 2. The number of likely N-dealkylation sites (tertiary alicyclic amines) is 1. The van der Waals surface area contributed by atoms with Crippen LogP contribution in [0, 0.1) is 5.41 Å². The van der Waals surface area contributed by atoms with Crippen molar-refractivity contribution in [2.24, 2.45) is 5.41 Å². The number of anilines is 1. The molecular weight excluding hydrogens is 330 g/mol. The lowest BCUT2D eigenvalue weighted by atomic mass is 10.1. The Morgan fingerprint density at radius 2 is 1.77 bits per heavy atom. The van der Waals surface area contributed by atoms with Gasteiger partial charge >= 0.3 is 0 Å². The number of nitrogens with zero attached hydrogens (tertiary/aromatic N) is 3. The first-order valence-corrected chi connectivity index (χ1v) is 9.58. The van der Waals surface area contributed by atoms with Gasteiger partial charge in [-0.2, -0.15) is 0 Å². The second kappa shape index (κ2) is 6.91. The van der Waals surface area contributed by atoms with Crippen LogP contribution < -0.4 is 9.64 Å². The highest BCUT2D eigenvalue weighted by Crippen LogP contribution is 2.54. The molecule has 1 saturated carbocycles. The van der Waals surface area contributed by atoms with E-state index in [0.29, 0.717) is 13.0 Å². The van der Waals surface area contributed by atoms with Gasteiger partial charge in [-0.1, -0.05) is 12.1 Å². The Hall–Kier alpha value is -2.08. The van der Waals surface area contributed by atoms with E-state index in [1.165, 1.54) is 4.90 Å². The van der Waals surface area contributed by atoms with Crippen molar-refractivity contribution < 1.29 is 14.3 Å². The van der Waals surface area contributed by atoms with Gasteiger partial charge in [0, 0.05) is 39.1 Å². The van der Waals surface area contributed by atoms with Gasteiger partial charge in [-0.25, -0.2) is 0 Å². The first-order chi connectivity index (χ1) is 12.6. The van der Waals surface area contributed by atoms with E-state index in [-0.39, 0.29) is 17.2 Å². The van der Waals surface area contributed by atoms with Crippen LogP contribution in [-0.4, -0.2) is 68.0 Å². The van der Waals surface area contributed by atoms with E-state index in [1.807, 2.05) is 18.2 Å². The zero-order valence-electron chi connectivity index (χ0n) is 15.4. The molecule has 0 N–H and O–H groups in total. The molecular formula is C20H27N3O3. The Balaban J connectivity index is 1.23. The zero-order valence-corrected chi connectivity index (χ0v) is 15.4. The number of ether oxygens (including phenoxy) is 1. The van der Waals surface area contributed by atoms with Gasteiger partial charge in [-0.3, -0.25) is 19.4 Å². The van der Waals surface area contributed by atoms with Crippen LogP contribution in [0.15, 0.2) is 24.3 Å². The van der Waals surface area contributed by atoms with Crippen LogP contribution in [0.25, 0.3) is 0 Å². The zero-order chi connectivity index (χ0) is 18.1. The summed E-state index contributed by atoms with van der Waals surface area (Å²) in [5.74, 6) is 1.04. The minimum absolute atomic E-state index is 0.0356. The SMILES string of the molecule is COc1ccccc1N1CCN(CCCN2C(=O)CC3(CC3)C2=O)CC1. The number of methoxy groups -OCH3 is 1. The Labute approximate surface area is 154 Å². The van der Waals surface area contributed by atoms with Gasteiger partial charge in [0.05, 0.1) is 18.2 Å². The average Bonchev–Trinajstić information content (AvgIpc) is 3.41. The largest absolute Gasteiger partial charge is 0.495 e. The average molecular weight is 357 g/mol. The lowest BCUT2D eigenvalue weighted by Gasteiger charge is -2.36. The highest BCUT2D eigenvalue weighted by Gasteiger charge is 2.59. The first-order valence-electron chi connectivity index (χ1n) is 9.58. The van der Waals surface area contributed by atoms with Crippen LogP contribution in [0.3, 0.4) is 0 Å². The molecule has 140 valence electrons. The molecule has 0 bridgehead atoms. The summed E-state index contributed by atoms with van der Waals surface area (Å²) in [7, 11) is 1.71. The smallest absolute Gasteiger partial charge is 0.235 e. The standard InChI is InChI=1S/C20H27N3O3/c1-26-17-6-3-2-5-16(17)22-13-11-21(12-14-22)9-4-10-23-18(24)15-20(7-8-20)19(23)25/h2-3,5-6H,4,7-15H2,1H3. The fourth-order valence-electron chi connectivity index (χ4n) is 4.18. The summed E-state index contributed by atoms with van der Waals surface area (Å²) in [6.45, 7) is 5.42. The number of piperazine rings is 1. The molecule has 2 amide bonds. The second-order valence-electron chi connectivity index (χ2n) is 7.66. The third-order valence-electron chi connectivity index (χ3n) is 6.00. The van der Waals surface area contributed by atoms with Crippen molar-refractivity contribution >= 4 is 17.5 Å². The highest BCUT2D eigenvalue weighted by atomic mass is 16.5. The maximum Gasteiger partial charge on any atom is 0.235 e. The molecule has 0 aromatic heterocycles. The van der Waals surface area contributed by atoms with Crippen molar-refractivity contribution in [1.82, 2.24) is 9.80 Å². The van der Waals surface area contributed by atoms with Gasteiger partial charge in [0.25, 0.3) is 0 Å². The van der Waals surface area contributed by atoms with E-state index in [2.05, 4.69) is 15.9 Å². The predicted molar refractivity (Wildman–Crippen MR) is 99.3 cm³/mol. The van der Waals surface area contributed by atoms with Crippen LogP contribution in [0.4, 0.5) is 5.69 Å². The van der Waals surface area contributed by atoms with E-state index in [9.17, 15) is 9.59 Å². The molecule has 6 heteroatoms. The third-order valence-corrected chi connectivity index (χ3v) is 6.00. The first kappa shape index (κ1) is 17.3. The normalized spacial score (nSPS) is 22.3. The monoisotopic (exact) mass is 357 g/mol. The quantitative estimate of drug-likeness (QED) is 0.726. The molecule has 4 rings (SSSR count). The van der Waals surface area contributed by atoms with Crippen molar-refractivity contribution in [2.75, 3.05) is 51.3 Å². The fraction of sp³-hybridized carbons (Fsp3) is 0.600. The number of hydrogen-bond acceptors (Lipinski definition) is 5. The summed E-state index contributed by atoms with van der Waals surface area (Å²) >= 11 is 0. The Morgan fingerprint density at radius 3 is 2.42 bits per heavy atom. The van der Waals surface area contributed by atoms with Gasteiger partial charge in [0.2, 0.25) is 11.8 Å². The molecule has 0 atom stereocenters. The van der Waals surface area contributed by atoms with Crippen LogP contribution in [0.1, 0.15) is 25.7 Å². The highest BCUT2D eigenvalue weighted by molar-refractivity contribution is 6.07. The van der Waals surface area contributed by atoms with E-state index in [0.717, 1.165) is 63.4 Å². The molecule has 1 aromatic carbocycles. The van der Waals surface area contributed by atoms with Crippen LogP contribution in [0.2, 0.25) is 0 Å². The van der Waals surface area contributed by atoms with Crippen molar-refractivity contribution in [2.45, 2.75) is 25.7 Å². The summed E-state index contributed by atoms with van der Waals surface area (Å²) in [5, 5.41) is 0. The van der Waals surface area contributed by atoms with Gasteiger partial charge < -0.3 is 9.64 Å². The van der Waals surface area contributed by atoms with Crippen molar-refractivity contribution in [3.8, 4) is 5.75 Å². The van der Waals surface area contributed by atoms with Gasteiger partial charge in [-0.15, -0.1) is 0 Å². The topological polar surface area (TPSA) is 53.1 Å². The Morgan fingerprint density at radius 1 is 1.04 bits per heavy atom. The number of hydrogen-bond donors (Lipinski definition) is 0. The molecule has 2 heterocycles. The Bertz CT molecular complexity index is 693. The summed E-state index contributed by atoms with van der Waals surface area (Å²) in [6.07, 6.45) is 3.11. The van der Waals surface area contributed by atoms with Crippen molar-refractivity contribution in [3.63, 3.8) is 0 Å². The second-order valence-corrected chi connectivity index (χ2v) is 7.66. The minimum Gasteiger partial charge on any atom is -0.495 e. The molecule has 2 saturated heterocycles. The van der Waals surface area contributed by atoms with E-state index < -0.39 is 0 Å². The van der Waals surface area contributed by atoms with Crippen LogP contribution in [0.5, 0.6) is 5.75 Å². The van der Waals surface area contributed by atoms with Crippen LogP contribution >= 0.6 is 0 Å². The molecule has 3 aliphatic rings. The van der Waals surface area contributed by atoms with Crippen molar-refractivity contribution in [3.05, 3.63) is 24.3 Å². The number of para-hydroxylation sites is 2. The van der Waals surface area contributed by atoms with E-state index in [1.54, 1.807) is 7.11 Å². The van der Waals surface area contributed by atoms with Crippen LogP contribution in [-0.2, 0) is 9.59 Å².